The quantitative estimate of drug-likeness (QED) is 0.228. The van der Waals surface area contributed by atoms with E-state index in [0.717, 1.165) is 0 Å². The first-order valence-electron chi connectivity index (χ1n) is 11.7. The number of hydrogen-bond acceptors (Lipinski definition) is 6. The highest BCUT2D eigenvalue weighted by Gasteiger charge is 2.33. The number of methoxy groups -OCH3 is 1. The van der Waals surface area contributed by atoms with Crippen LogP contribution in [0.1, 0.15) is 34.7 Å². The maximum Gasteiger partial charge on any atom is 0.360 e. The number of carbonyl (C=O) groups excluding carboxylic acids is 2. The lowest BCUT2D eigenvalue weighted by Gasteiger charge is -2.25. The molecule has 4 rings (SSSR count). The number of esters is 1. The zero-order chi connectivity index (χ0) is 28.2. The first-order valence-corrected chi connectivity index (χ1v) is 12.4. The molecule has 0 fully saturated rings. The van der Waals surface area contributed by atoms with Gasteiger partial charge in [0.05, 0.1) is 23.4 Å². The number of para-hydroxylation sites is 1. The lowest BCUT2D eigenvalue weighted by molar-refractivity contribution is -0.0219. The van der Waals surface area contributed by atoms with Crippen molar-refractivity contribution in [3.8, 4) is 17.4 Å². The van der Waals surface area contributed by atoms with Crippen LogP contribution in [0, 0.1) is 5.82 Å². The number of amides is 1. The van der Waals surface area contributed by atoms with Gasteiger partial charge in [-0.05, 0) is 68.4 Å². The van der Waals surface area contributed by atoms with Crippen molar-refractivity contribution in [3.05, 3.63) is 99.9 Å². The van der Waals surface area contributed by atoms with Gasteiger partial charge < -0.3 is 19.5 Å². The fourth-order valence-electron chi connectivity index (χ4n) is 3.59. The third kappa shape index (κ3) is 6.68. The second-order valence-corrected chi connectivity index (χ2v) is 9.78. The molecule has 8 nitrogen and oxygen atoms in total. The van der Waals surface area contributed by atoms with Crippen molar-refractivity contribution in [1.82, 2.24) is 9.55 Å². The van der Waals surface area contributed by atoms with E-state index in [-0.39, 0.29) is 34.7 Å². The second kappa shape index (κ2) is 11.8. The zero-order valence-corrected chi connectivity index (χ0v) is 22.7. The summed E-state index contributed by atoms with van der Waals surface area (Å²) in [5.41, 5.74) is -0.813. The number of benzene rings is 3. The topological polar surface area (TPSA) is 91.7 Å². The van der Waals surface area contributed by atoms with Crippen LogP contribution >= 0.6 is 23.2 Å². The fraction of sp³-hybridized carbons (Fsp3) is 0.179. The highest BCUT2D eigenvalue weighted by molar-refractivity contribution is 6.37. The summed E-state index contributed by atoms with van der Waals surface area (Å²) in [6, 6.07) is 18.7. The molecular formula is C28H24Cl2FN3O5. The fourth-order valence-corrected chi connectivity index (χ4v) is 4.09. The van der Waals surface area contributed by atoms with Crippen LogP contribution in [-0.4, -0.2) is 40.7 Å². The van der Waals surface area contributed by atoms with Crippen LogP contribution in [0.2, 0.25) is 10.0 Å². The van der Waals surface area contributed by atoms with Gasteiger partial charge in [-0.1, -0.05) is 41.4 Å². The lowest BCUT2D eigenvalue weighted by atomic mass is 10.1. The van der Waals surface area contributed by atoms with Gasteiger partial charge in [-0.25, -0.2) is 9.18 Å². The van der Waals surface area contributed by atoms with E-state index in [0.29, 0.717) is 16.5 Å². The molecule has 3 aromatic carbocycles. The zero-order valence-electron chi connectivity index (χ0n) is 21.2. The van der Waals surface area contributed by atoms with Gasteiger partial charge in [-0.2, -0.15) is 4.98 Å². The summed E-state index contributed by atoms with van der Waals surface area (Å²) < 4.78 is 32.0. The molecule has 0 atom stereocenters. The van der Waals surface area contributed by atoms with Crippen LogP contribution in [0.4, 0.5) is 10.2 Å². The Labute approximate surface area is 234 Å². The predicted molar refractivity (Wildman–Crippen MR) is 146 cm³/mol. The van der Waals surface area contributed by atoms with Crippen LogP contribution in [0.15, 0.2) is 72.8 Å². The molecule has 39 heavy (non-hydrogen) atoms. The highest BCUT2D eigenvalue weighted by Crippen LogP contribution is 2.31. The van der Waals surface area contributed by atoms with Crippen molar-refractivity contribution in [2.75, 3.05) is 19.0 Å². The van der Waals surface area contributed by atoms with Crippen LogP contribution in [-0.2, 0) is 4.74 Å². The molecule has 0 aliphatic carbocycles. The van der Waals surface area contributed by atoms with Crippen molar-refractivity contribution < 1.29 is 28.2 Å². The molecule has 11 heteroatoms. The Kier molecular flexibility index (Phi) is 8.42. The Morgan fingerprint density at radius 1 is 1.03 bits per heavy atom. The van der Waals surface area contributed by atoms with Gasteiger partial charge in [-0.15, -0.1) is 0 Å². The Bertz CT molecular complexity index is 1490. The van der Waals surface area contributed by atoms with Gasteiger partial charge in [0.25, 0.3) is 5.91 Å². The van der Waals surface area contributed by atoms with Gasteiger partial charge in [0.15, 0.2) is 11.5 Å². The van der Waals surface area contributed by atoms with Crippen molar-refractivity contribution in [3.63, 3.8) is 0 Å². The average molecular weight is 572 g/mol. The number of rotatable bonds is 9. The van der Waals surface area contributed by atoms with Crippen LogP contribution in [0.25, 0.3) is 5.69 Å². The molecule has 1 amide bonds. The summed E-state index contributed by atoms with van der Waals surface area (Å²) in [5, 5.41) is 3.06. The number of nitrogens with one attached hydrogen (secondary N) is 1. The molecule has 0 saturated carbocycles. The van der Waals surface area contributed by atoms with E-state index in [9.17, 15) is 14.0 Å². The third-order valence-corrected chi connectivity index (χ3v) is 5.96. The van der Waals surface area contributed by atoms with E-state index < -0.39 is 23.3 Å². The van der Waals surface area contributed by atoms with Crippen LogP contribution in [0.3, 0.4) is 0 Å². The van der Waals surface area contributed by atoms with Crippen LogP contribution < -0.4 is 14.8 Å². The molecule has 0 bridgehead atoms. The molecule has 1 heterocycles. The average Bonchev–Trinajstić information content (AvgIpc) is 3.26. The summed E-state index contributed by atoms with van der Waals surface area (Å²) in [4.78, 5) is 31.1. The number of imidazole rings is 1. The van der Waals surface area contributed by atoms with Gasteiger partial charge in [0.2, 0.25) is 0 Å². The normalized spacial score (nSPS) is 11.1. The van der Waals surface area contributed by atoms with E-state index in [1.165, 1.54) is 54.1 Å². The SMILES string of the molecule is COc1nc(NC(=O)c2ccc(Cl)cc2Cl)c(C(=O)OC(C)(C)COc2ccccc2)n1-c1ccc(F)cc1. The standard InChI is InChI=1S/C28H24Cl2FN3O5/c1-28(2,16-38-20-7-5-4-6-8-20)39-26(36)23-24(32-25(35)21-14-9-17(29)15-22(21)30)33-27(37-3)34(23)19-12-10-18(31)11-13-19/h4-15H,16H2,1-3H3,(H,32,35). The number of halogens is 3. The molecule has 0 saturated heterocycles. The first-order chi connectivity index (χ1) is 18.6. The van der Waals surface area contributed by atoms with E-state index in [1.54, 1.807) is 26.0 Å². The molecule has 0 aliphatic heterocycles. The molecule has 0 spiro atoms. The monoisotopic (exact) mass is 571 g/mol. The van der Waals surface area contributed by atoms with Gasteiger partial charge in [0, 0.05) is 5.02 Å². The van der Waals surface area contributed by atoms with E-state index >= 15 is 0 Å². The summed E-state index contributed by atoms with van der Waals surface area (Å²) in [5.74, 6) is -1.52. The molecule has 1 N–H and O–H groups in total. The van der Waals surface area contributed by atoms with Gasteiger partial charge in [0.1, 0.15) is 23.8 Å². The Hall–Kier alpha value is -4.08. The summed E-state index contributed by atoms with van der Waals surface area (Å²) in [7, 11) is 1.34. The first kappa shape index (κ1) is 27.9. The Morgan fingerprint density at radius 3 is 2.36 bits per heavy atom. The number of hydrogen-bond donors (Lipinski definition) is 1. The largest absolute Gasteiger partial charge is 0.489 e. The van der Waals surface area contributed by atoms with E-state index in [2.05, 4.69) is 10.3 Å². The highest BCUT2D eigenvalue weighted by atomic mass is 35.5. The van der Waals surface area contributed by atoms with E-state index in [4.69, 9.17) is 37.4 Å². The van der Waals surface area contributed by atoms with Crippen molar-refractivity contribution >= 4 is 40.9 Å². The molecule has 0 unspecified atom stereocenters. The summed E-state index contributed by atoms with van der Waals surface area (Å²) >= 11 is 12.2. The van der Waals surface area contributed by atoms with Crippen molar-refractivity contribution in [1.29, 1.82) is 0 Å². The predicted octanol–water partition coefficient (Wildman–Crippen LogP) is 6.59. The number of ether oxygens (including phenoxy) is 3. The summed E-state index contributed by atoms with van der Waals surface area (Å²) in [6.07, 6.45) is 0. The maximum atomic E-state index is 13.7. The number of anilines is 1. The Morgan fingerprint density at radius 2 is 1.72 bits per heavy atom. The lowest BCUT2D eigenvalue weighted by Crippen LogP contribution is -2.35. The van der Waals surface area contributed by atoms with E-state index in [1.807, 2.05) is 18.2 Å². The minimum Gasteiger partial charge on any atom is -0.489 e. The van der Waals surface area contributed by atoms with Crippen molar-refractivity contribution in [2.45, 2.75) is 19.4 Å². The maximum absolute atomic E-state index is 13.7. The smallest absolute Gasteiger partial charge is 0.360 e. The van der Waals surface area contributed by atoms with Gasteiger partial charge >= 0.3 is 12.0 Å². The van der Waals surface area contributed by atoms with Crippen molar-refractivity contribution in [2.24, 2.45) is 0 Å². The van der Waals surface area contributed by atoms with Gasteiger partial charge in [-0.3, -0.25) is 9.36 Å². The number of carbonyl (C=O) groups is 2. The van der Waals surface area contributed by atoms with Crippen LogP contribution in [0.5, 0.6) is 11.8 Å². The second-order valence-electron chi connectivity index (χ2n) is 8.94. The molecule has 0 radical (unpaired) electrons. The number of nitrogens with zero attached hydrogens (tertiary/aromatic N) is 2. The molecular weight excluding hydrogens is 548 g/mol. The Balaban J connectivity index is 1.71. The molecule has 4 aromatic rings. The summed E-state index contributed by atoms with van der Waals surface area (Å²) in [6.45, 7) is 3.39. The third-order valence-electron chi connectivity index (χ3n) is 5.41. The minimum atomic E-state index is -1.10. The molecule has 1 aromatic heterocycles. The molecule has 202 valence electrons. The number of aromatic nitrogens is 2. The molecule has 0 aliphatic rings. The minimum absolute atomic E-state index is 0.0344.